The van der Waals surface area contributed by atoms with Crippen LogP contribution < -0.4 is 5.73 Å². The van der Waals surface area contributed by atoms with Crippen molar-refractivity contribution in [1.82, 2.24) is 0 Å². The highest BCUT2D eigenvalue weighted by molar-refractivity contribution is 5.25. The van der Waals surface area contributed by atoms with Crippen molar-refractivity contribution in [2.24, 2.45) is 5.73 Å². The molecule has 0 radical (unpaired) electrons. The van der Waals surface area contributed by atoms with Crippen LogP contribution in [0.4, 0.5) is 4.39 Å². The number of unbranched alkanes of at least 4 members (excludes halogenated alkanes) is 5. The van der Waals surface area contributed by atoms with Gasteiger partial charge in [0.05, 0.1) is 0 Å². The first kappa shape index (κ1) is 15.2. The Kier molecular flexibility index (Phi) is 6.96. The molecule has 0 heterocycles. The van der Waals surface area contributed by atoms with Gasteiger partial charge in [0.15, 0.2) is 0 Å². The summed E-state index contributed by atoms with van der Waals surface area (Å²) in [5.41, 5.74) is 7.66. The highest BCUT2D eigenvalue weighted by Gasteiger charge is 2.10. The van der Waals surface area contributed by atoms with E-state index in [9.17, 15) is 4.39 Å². The van der Waals surface area contributed by atoms with Crippen LogP contribution in [0.3, 0.4) is 0 Å². The summed E-state index contributed by atoms with van der Waals surface area (Å²) in [5.74, 6) is -0.159. The number of nitrogens with two attached hydrogens (primary N) is 1. The van der Waals surface area contributed by atoms with Crippen LogP contribution in [-0.4, -0.2) is 0 Å². The minimum absolute atomic E-state index is 0.156. The smallest absolute Gasteiger partial charge is 0.128 e. The summed E-state index contributed by atoms with van der Waals surface area (Å²) >= 11 is 0. The van der Waals surface area contributed by atoms with Crippen molar-refractivity contribution in [2.75, 3.05) is 0 Å². The predicted molar refractivity (Wildman–Crippen MR) is 76.1 cm³/mol. The predicted octanol–water partition coefficient (Wildman–Crippen LogP) is 4.88. The third-order valence-electron chi connectivity index (χ3n) is 3.42. The lowest BCUT2D eigenvalue weighted by Crippen LogP contribution is -2.12. The van der Waals surface area contributed by atoms with Gasteiger partial charge in [-0.15, -0.1) is 0 Å². The highest BCUT2D eigenvalue weighted by Crippen LogP contribution is 2.21. The summed E-state index contributed by atoms with van der Waals surface area (Å²) in [6.45, 7) is 4.11. The van der Waals surface area contributed by atoms with Crippen molar-refractivity contribution in [3.8, 4) is 0 Å². The van der Waals surface area contributed by atoms with Gasteiger partial charge in [-0.3, -0.25) is 0 Å². The zero-order valence-corrected chi connectivity index (χ0v) is 11.7. The maximum atomic E-state index is 13.7. The molecule has 18 heavy (non-hydrogen) atoms. The highest BCUT2D eigenvalue weighted by atomic mass is 19.1. The normalized spacial score (nSPS) is 12.7. The van der Waals surface area contributed by atoms with Crippen LogP contribution in [0.15, 0.2) is 18.2 Å². The molecule has 1 aromatic carbocycles. The SMILES string of the molecule is CCCCCCCCC(N)c1ccc(C)cc1F. The van der Waals surface area contributed by atoms with Gasteiger partial charge in [-0.25, -0.2) is 4.39 Å². The standard InChI is InChI=1S/C16H26FN/c1-3-4-5-6-7-8-9-16(18)14-11-10-13(2)12-15(14)17/h10-12,16H,3-9,18H2,1-2H3. The van der Waals surface area contributed by atoms with Gasteiger partial charge in [0, 0.05) is 11.6 Å². The van der Waals surface area contributed by atoms with Gasteiger partial charge >= 0.3 is 0 Å². The van der Waals surface area contributed by atoms with E-state index in [0.29, 0.717) is 5.56 Å². The third-order valence-corrected chi connectivity index (χ3v) is 3.42. The fourth-order valence-corrected chi connectivity index (χ4v) is 2.23. The molecule has 1 atom stereocenters. The molecule has 0 amide bonds. The van der Waals surface area contributed by atoms with Gasteiger partial charge in [-0.05, 0) is 25.0 Å². The largest absolute Gasteiger partial charge is 0.324 e. The lowest BCUT2D eigenvalue weighted by molar-refractivity contribution is 0.523. The van der Waals surface area contributed by atoms with Crippen molar-refractivity contribution in [1.29, 1.82) is 0 Å². The van der Waals surface area contributed by atoms with E-state index in [1.165, 1.54) is 32.1 Å². The second kappa shape index (κ2) is 8.25. The second-order valence-corrected chi connectivity index (χ2v) is 5.19. The topological polar surface area (TPSA) is 26.0 Å². The average molecular weight is 251 g/mol. The second-order valence-electron chi connectivity index (χ2n) is 5.19. The minimum Gasteiger partial charge on any atom is -0.324 e. The van der Waals surface area contributed by atoms with E-state index >= 15 is 0 Å². The number of aryl methyl sites for hydroxylation is 1. The number of halogens is 1. The van der Waals surface area contributed by atoms with E-state index < -0.39 is 0 Å². The van der Waals surface area contributed by atoms with E-state index in [0.717, 1.165) is 18.4 Å². The quantitative estimate of drug-likeness (QED) is 0.654. The first-order valence-electron chi connectivity index (χ1n) is 7.16. The summed E-state index contributed by atoms with van der Waals surface area (Å²) in [4.78, 5) is 0. The van der Waals surface area contributed by atoms with Crippen molar-refractivity contribution in [3.63, 3.8) is 0 Å². The fraction of sp³-hybridized carbons (Fsp3) is 0.625. The van der Waals surface area contributed by atoms with E-state index in [2.05, 4.69) is 6.92 Å². The number of benzene rings is 1. The molecule has 0 aliphatic carbocycles. The molecule has 2 N–H and O–H groups in total. The van der Waals surface area contributed by atoms with Gasteiger partial charge in [-0.1, -0.05) is 57.6 Å². The summed E-state index contributed by atoms with van der Waals surface area (Å²) in [7, 11) is 0. The van der Waals surface area contributed by atoms with E-state index in [1.54, 1.807) is 6.07 Å². The molecule has 0 spiro atoms. The summed E-state index contributed by atoms with van der Waals surface area (Å²) in [6, 6.07) is 5.17. The zero-order chi connectivity index (χ0) is 13.4. The lowest BCUT2D eigenvalue weighted by atomic mass is 9.99. The number of hydrogen-bond acceptors (Lipinski definition) is 1. The van der Waals surface area contributed by atoms with E-state index in [4.69, 9.17) is 5.73 Å². The van der Waals surface area contributed by atoms with Crippen LogP contribution in [0.5, 0.6) is 0 Å². The van der Waals surface area contributed by atoms with Gasteiger partial charge in [0.2, 0.25) is 0 Å². The molecule has 0 aromatic heterocycles. The monoisotopic (exact) mass is 251 g/mol. The first-order chi connectivity index (χ1) is 8.65. The molecule has 0 aliphatic rings. The Hall–Kier alpha value is -0.890. The average Bonchev–Trinajstić information content (AvgIpc) is 2.33. The fourth-order valence-electron chi connectivity index (χ4n) is 2.23. The van der Waals surface area contributed by atoms with Crippen molar-refractivity contribution >= 4 is 0 Å². The zero-order valence-electron chi connectivity index (χ0n) is 11.7. The molecule has 1 nitrogen and oxygen atoms in total. The number of hydrogen-bond donors (Lipinski definition) is 1. The molecule has 2 heteroatoms. The Bertz CT molecular complexity index is 349. The van der Waals surface area contributed by atoms with Crippen LogP contribution in [0.25, 0.3) is 0 Å². The van der Waals surface area contributed by atoms with Crippen LogP contribution in [0, 0.1) is 12.7 Å². The van der Waals surface area contributed by atoms with Crippen LogP contribution in [0.2, 0.25) is 0 Å². The maximum Gasteiger partial charge on any atom is 0.128 e. The molecule has 1 aromatic rings. The number of rotatable bonds is 8. The molecule has 102 valence electrons. The Morgan fingerprint density at radius 2 is 1.78 bits per heavy atom. The molecule has 1 unspecified atom stereocenters. The molecule has 0 saturated heterocycles. The molecule has 0 fully saturated rings. The van der Waals surface area contributed by atoms with Gasteiger partial charge in [0.25, 0.3) is 0 Å². The minimum atomic E-state index is -0.159. The summed E-state index contributed by atoms with van der Waals surface area (Å²) in [6.07, 6.45) is 8.36. The molecule has 0 bridgehead atoms. The van der Waals surface area contributed by atoms with Crippen LogP contribution >= 0.6 is 0 Å². The van der Waals surface area contributed by atoms with Crippen molar-refractivity contribution in [3.05, 3.63) is 35.1 Å². The molecular formula is C16H26FN. The summed E-state index contributed by atoms with van der Waals surface area (Å²) in [5, 5.41) is 0. The Labute approximate surface area is 111 Å². The third kappa shape index (κ3) is 5.18. The Balaban J connectivity index is 2.29. The van der Waals surface area contributed by atoms with Crippen LogP contribution in [-0.2, 0) is 0 Å². The van der Waals surface area contributed by atoms with E-state index in [1.807, 2.05) is 19.1 Å². The van der Waals surface area contributed by atoms with Crippen molar-refractivity contribution < 1.29 is 4.39 Å². The Morgan fingerprint density at radius 1 is 1.11 bits per heavy atom. The first-order valence-corrected chi connectivity index (χ1v) is 7.16. The van der Waals surface area contributed by atoms with E-state index in [-0.39, 0.29) is 11.9 Å². The van der Waals surface area contributed by atoms with Crippen LogP contribution in [0.1, 0.15) is 69.0 Å². The molecule has 1 rings (SSSR count). The van der Waals surface area contributed by atoms with Gasteiger partial charge < -0.3 is 5.73 Å². The lowest BCUT2D eigenvalue weighted by Gasteiger charge is -2.13. The molecule has 0 aliphatic heterocycles. The molecular weight excluding hydrogens is 225 g/mol. The van der Waals surface area contributed by atoms with Crippen molar-refractivity contribution in [2.45, 2.75) is 64.8 Å². The maximum absolute atomic E-state index is 13.7. The molecule has 0 saturated carbocycles. The van der Waals surface area contributed by atoms with Gasteiger partial charge in [-0.2, -0.15) is 0 Å². The van der Waals surface area contributed by atoms with Gasteiger partial charge in [0.1, 0.15) is 5.82 Å². The Morgan fingerprint density at radius 3 is 2.44 bits per heavy atom. The summed E-state index contributed by atoms with van der Waals surface area (Å²) < 4.78 is 13.7.